The zero-order chi connectivity index (χ0) is 22.5. The number of aryl methyl sites for hydroxylation is 1. The summed E-state index contributed by atoms with van der Waals surface area (Å²) in [6, 6.07) is 21.3. The first kappa shape index (κ1) is 21.3. The number of amides is 1. The van der Waals surface area contributed by atoms with E-state index in [4.69, 9.17) is 4.74 Å². The van der Waals surface area contributed by atoms with Gasteiger partial charge in [0.15, 0.2) is 5.17 Å². The Bertz CT molecular complexity index is 1220. The van der Waals surface area contributed by atoms with Crippen molar-refractivity contribution in [3.8, 4) is 5.75 Å². The number of para-hydroxylation sites is 1. The highest BCUT2D eigenvalue weighted by molar-refractivity contribution is 8.18. The molecule has 1 heterocycles. The number of ether oxygens (including phenoxy) is 1. The van der Waals surface area contributed by atoms with Crippen LogP contribution in [0.2, 0.25) is 0 Å². The number of nitrogens with one attached hydrogen (secondary N) is 1. The van der Waals surface area contributed by atoms with Gasteiger partial charge in [-0.3, -0.25) is 14.9 Å². The van der Waals surface area contributed by atoms with E-state index >= 15 is 0 Å². The minimum absolute atomic E-state index is 0.0336. The van der Waals surface area contributed by atoms with Crippen LogP contribution in [0.25, 0.3) is 6.08 Å². The van der Waals surface area contributed by atoms with Crippen LogP contribution in [0.4, 0.5) is 11.4 Å². The Hall–Kier alpha value is -3.91. The number of amidine groups is 1. The molecule has 8 heteroatoms. The van der Waals surface area contributed by atoms with Crippen LogP contribution in [-0.4, -0.2) is 16.0 Å². The second-order valence-electron chi connectivity index (χ2n) is 7.07. The van der Waals surface area contributed by atoms with Gasteiger partial charge in [0.1, 0.15) is 12.4 Å². The van der Waals surface area contributed by atoms with Crippen molar-refractivity contribution >= 4 is 40.3 Å². The maximum atomic E-state index is 12.4. The number of nitro benzene ring substituents is 1. The van der Waals surface area contributed by atoms with Crippen molar-refractivity contribution < 1.29 is 14.5 Å². The molecule has 0 radical (unpaired) electrons. The Labute approximate surface area is 189 Å². The molecule has 32 heavy (non-hydrogen) atoms. The third-order valence-corrected chi connectivity index (χ3v) is 5.57. The van der Waals surface area contributed by atoms with Crippen LogP contribution in [0, 0.1) is 17.0 Å². The van der Waals surface area contributed by atoms with Crippen LogP contribution in [0.1, 0.15) is 16.7 Å². The van der Waals surface area contributed by atoms with Crippen LogP contribution >= 0.6 is 11.8 Å². The number of hydrogen-bond acceptors (Lipinski definition) is 6. The number of thioether (sulfide) groups is 1. The van der Waals surface area contributed by atoms with Gasteiger partial charge in [-0.05, 0) is 60.7 Å². The molecule has 1 N–H and O–H groups in total. The normalized spacial score (nSPS) is 15.7. The monoisotopic (exact) mass is 445 g/mol. The quantitative estimate of drug-likeness (QED) is 0.313. The molecule has 0 unspecified atom stereocenters. The molecule has 1 amide bonds. The van der Waals surface area contributed by atoms with Crippen molar-refractivity contribution in [1.82, 2.24) is 5.32 Å². The molecule has 0 atom stereocenters. The van der Waals surface area contributed by atoms with Gasteiger partial charge in [-0.25, -0.2) is 4.99 Å². The maximum Gasteiger partial charge on any atom is 0.269 e. The topological polar surface area (TPSA) is 93.8 Å². The molecular formula is C24H19N3O4S. The number of rotatable bonds is 6. The standard InChI is InChI=1S/C24H19N3O4S/c1-16-6-10-19(11-7-16)25-24-26-23(28)22(32-24)14-18-4-2-3-5-21(18)31-15-17-8-12-20(13-9-17)27(29)30/h2-14H,15H2,1H3,(H,25,26,28)/b22-14+. The van der Waals surface area contributed by atoms with E-state index in [1.165, 1.54) is 23.9 Å². The predicted octanol–water partition coefficient (Wildman–Crippen LogP) is 5.37. The largest absolute Gasteiger partial charge is 0.488 e. The van der Waals surface area contributed by atoms with Gasteiger partial charge in [-0.2, -0.15) is 0 Å². The van der Waals surface area contributed by atoms with E-state index in [-0.39, 0.29) is 18.2 Å². The lowest BCUT2D eigenvalue weighted by Gasteiger charge is -2.09. The maximum absolute atomic E-state index is 12.4. The first-order chi connectivity index (χ1) is 15.5. The SMILES string of the molecule is Cc1ccc(N=C2NC(=O)/C(=C\c3ccccc3OCc3ccc([N+](=O)[O-])cc3)S2)cc1. The molecule has 0 bridgehead atoms. The molecule has 0 saturated carbocycles. The molecule has 0 spiro atoms. The molecule has 0 aliphatic carbocycles. The molecule has 3 aromatic rings. The lowest BCUT2D eigenvalue weighted by Crippen LogP contribution is -2.19. The first-order valence-corrected chi connectivity index (χ1v) is 10.6. The second-order valence-corrected chi connectivity index (χ2v) is 8.10. The van der Waals surface area contributed by atoms with Crippen LogP contribution in [0.5, 0.6) is 5.75 Å². The molecule has 3 aromatic carbocycles. The summed E-state index contributed by atoms with van der Waals surface area (Å²) in [5, 5.41) is 14.1. The van der Waals surface area contributed by atoms with E-state index in [0.717, 1.165) is 22.4 Å². The third-order valence-electron chi connectivity index (χ3n) is 4.66. The number of non-ortho nitro benzene ring substituents is 1. The summed E-state index contributed by atoms with van der Waals surface area (Å²) in [6.07, 6.45) is 1.77. The van der Waals surface area contributed by atoms with Crippen molar-refractivity contribution in [3.05, 3.63) is 105 Å². The predicted molar refractivity (Wildman–Crippen MR) is 126 cm³/mol. The van der Waals surface area contributed by atoms with E-state index in [1.807, 2.05) is 55.5 Å². The molecular weight excluding hydrogens is 426 g/mol. The number of hydrogen-bond donors (Lipinski definition) is 1. The highest BCUT2D eigenvalue weighted by atomic mass is 32.2. The van der Waals surface area contributed by atoms with Gasteiger partial charge < -0.3 is 10.1 Å². The van der Waals surface area contributed by atoms with Crippen LogP contribution in [0.3, 0.4) is 0 Å². The van der Waals surface area contributed by atoms with Crippen LogP contribution in [0.15, 0.2) is 82.7 Å². The lowest BCUT2D eigenvalue weighted by atomic mass is 10.1. The zero-order valence-electron chi connectivity index (χ0n) is 17.1. The number of benzene rings is 3. The van der Waals surface area contributed by atoms with Crippen molar-refractivity contribution in [2.45, 2.75) is 13.5 Å². The fourth-order valence-corrected chi connectivity index (χ4v) is 3.80. The third kappa shape index (κ3) is 5.22. The van der Waals surface area contributed by atoms with Crippen molar-refractivity contribution in [3.63, 3.8) is 0 Å². The fourth-order valence-electron chi connectivity index (χ4n) is 2.96. The van der Waals surface area contributed by atoms with Gasteiger partial charge in [0.25, 0.3) is 11.6 Å². The minimum atomic E-state index is -0.438. The number of nitrogens with zero attached hydrogens (tertiary/aromatic N) is 2. The summed E-state index contributed by atoms with van der Waals surface area (Å²) in [7, 11) is 0. The summed E-state index contributed by atoms with van der Waals surface area (Å²) in [4.78, 5) is 27.8. The van der Waals surface area contributed by atoms with E-state index < -0.39 is 4.92 Å². The van der Waals surface area contributed by atoms with E-state index in [9.17, 15) is 14.9 Å². The molecule has 7 nitrogen and oxygen atoms in total. The Balaban J connectivity index is 1.49. The molecule has 0 aromatic heterocycles. The molecule has 1 aliphatic heterocycles. The average molecular weight is 446 g/mol. The lowest BCUT2D eigenvalue weighted by molar-refractivity contribution is -0.384. The summed E-state index contributed by atoms with van der Waals surface area (Å²) in [6.45, 7) is 2.25. The Kier molecular flexibility index (Phi) is 6.32. The molecule has 4 rings (SSSR count). The number of carbonyl (C=O) groups is 1. The Morgan fingerprint density at radius 3 is 2.50 bits per heavy atom. The number of carbonyl (C=O) groups excluding carboxylic acids is 1. The molecule has 1 saturated heterocycles. The van der Waals surface area contributed by atoms with Gasteiger partial charge in [-0.1, -0.05) is 35.9 Å². The summed E-state index contributed by atoms with van der Waals surface area (Å²) < 4.78 is 5.92. The van der Waals surface area contributed by atoms with Crippen LogP contribution < -0.4 is 10.1 Å². The Morgan fingerprint density at radius 1 is 1.06 bits per heavy atom. The highest BCUT2D eigenvalue weighted by Gasteiger charge is 2.24. The van der Waals surface area contributed by atoms with Crippen LogP contribution in [-0.2, 0) is 11.4 Å². The minimum Gasteiger partial charge on any atom is -0.488 e. The smallest absolute Gasteiger partial charge is 0.269 e. The van der Waals surface area contributed by atoms with E-state index in [2.05, 4.69) is 10.3 Å². The van der Waals surface area contributed by atoms with Gasteiger partial charge in [-0.15, -0.1) is 0 Å². The molecule has 1 aliphatic rings. The number of nitro groups is 1. The Morgan fingerprint density at radius 2 is 1.78 bits per heavy atom. The first-order valence-electron chi connectivity index (χ1n) is 9.79. The van der Waals surface area contributed by atoms with Crippen molar-refractivity contribution in [1.29, 1.82) is 0 Å². The second kappa shape index (κ2) is 9.49. The van der Waals surface area contributed by atoms with Gasteiger partial charge >= 0.3 is 0 Å². The highest BCUT2D eigenvalue weighted by Crippen LogP contribution is 2.31. The summed E-state index contributed by atoms with van der Waals surface area (Å²) in [5.74, 6) is 0.390. The van der Waals surface area contributed by atoms with E-state index in [1.54, 1.807) is 18.2 Å². The van der Waals surface area contributed by atoms with Gasteiger partial charge in [0.2, 0.25) is 0 Å². The van der Waals surface area contributed by atoms with E-state index in [0.29, 0.717) is 15.8 Å². The average Bonchev–Trinajstić information content (AvgIpc) is 3.13. The molecule has 1 fully saturated rings. The molecule has 160 valence electrons. The van der Waals surface area contributed by atoms with Crippen molar-refractivity contribution in [2.75, 3.05) is 0 Å². The summed E-state index contributed by atoms with van der Waals surface area (Å²) >= 11 is 1.27. The fraction of sp³-hybridized carbons (Fsp3) is 0.0833. The number of aliphatic imine (C=N–C) groups is 1. The zero-order valence-corrected chi connectivity index (χ0v) is 18.0. The van der Waals surface area contributed by atoms with Gasteiger partial charge in [0.05, 0.1) is 15.5 Å². The van der Waals surface area contributed by atoms with Crippen molar-refractivity contribution in [2.24, 2.45) is 4.99 Å². The summed E-state index contributed by atoms with van der Waals surface area (Å²) in [5.41, 5.74) is 3.50. The van der Waals surface area contributed by atoms with Gasteiger partial charge in [0, 0.05) is 17.7 Å².